The van der Waals surface area contributed by atoms with E-state index >= 15 is 0 Å². The van der Waals surface area contributed by atoms with Crippen molar-refractivity contribution in [1.82, 2.24) is 0 Å². The third-order valence-corrected chi connectivity index (χ3v) is 2.20. The van der Waals surface area contributed by atoms with Crippen LogP contribution in [0.25, 0.3) is 0 Å². The third kappa shape index (κ3) is 1.28. The average Bonchev–Trinajstić information content (AvgIpc) is 1.88. The highest BCUT2D eigenvalue weighted by Crippen LogP contribution is 2.25. The summed E-state index contributed by atoms with van der Waals surface area (Å²) in [5.74, 6) is 0.868. The molecule has 0 radical (unpaired) electrons. The molecule has 0 bridgehead atoms. The van der Waals surface area contributed by atoms with Gasteiger partial charge >= 0.3 is 0 Å². The molecule has 1 rings (SSSR count). The maximum absolute atomic E-state index is 11.2. The van der Waals surface area contributed by atoms with Crippen molar-refractivity contribution >= 4 is 5.78 Å². The lowest BCUT2D eigenvalue weighted by Crippen LogP contribution is -2.16. The minimum atomic E-state index is 0.362. The maximum Gasteiger partial charge on any atom is 0.158 e. The van der Waals surface area contributed by atoms with Crippen LogP contribution in [0.4, 0.5) is 0 Å². The van der Waals surface area contributed by atoms with E-state index in [4.69, 9.17) is 0 Å². The van der Waals surface area contributed by atoms with E-state index in [1.54, 1.807) is 0 Å². The monoisotopic (exact) mass is 138 g/mol. The summed E-state index contributed by atoms with van der Waals surface area (Å²) in [6.07, 6.45) is 5.00. The minimum absolute atomic E-state index is 0.362. The van der Waals surface area contributed by atoms with Crippen LogP contribution in [0.1, 0.15) is 33.1 Å². The quantitative estimate of drug-likeness (QED) is 0.469. The molecular formula is C9H14O. The molecule has 0 N–H and O–H groups in total. The van der Waals surface area contributed by atoms with E-state index in [1.807, 2.05) is 13.0 Å². The molecule has 1 heteroatoms. The summed E-state index contributed by atoms with van der Waals surface area (Å²) in [4.78, 5) is 11.2. The first-order valence-corrected chi connectivity index (χ1v) is 3.95. The van der Waals surface area contributed by atoms with Gasteiger partial charge in [0.1, 0.15) is 0 Å². The van der Waals surface area contributed by atoms with Crippen molar-refractivity contribution in [2.24, 2.45) is 5.92 Å². The molecule has 0 aromatic heterocycles. The fraction of sp³-hybridized carbons (Fsp3) is 0.667. The van der Waals surface area contributed by atoms with Gasteiger partial charge in [-0.2, -0.15) is 0 Å². The summed E-state index contributed by atoms with van der Waals surface area (Å²) < 4.78 is 0. The van der Waals surface area contributed by atoms with E-state index in [1.165, 1.54) is 6.42 Å². The Morgan fingerprint density at radius 1 is 1.60 bits per heavy atom. The lowest BCUT2D eigenvalue weighted by Gasteiger charge is -2.19. The van der Waals surface area contributed by atoms with Crippen molar-refractivity contribution in [3.8, 4) is 0 Å². The zero-order valence-corrected chi connectivity index (χ0v) is 6.68. The van der Waals surface area contributed by atoms with Crippen molar-refractivity contribution in [3.05, 3.63) is 11.6 Å². The van der Waals surface area contributed by atoms with Gasteiger partial charge in [0.25, 0.3) is 0 Å². The van der Waals surface area contributed by atoms with Gasteiger partial charge in [0.05, 0.1) is 0 Å². The summed E-state index contributed by atoms with van der Waals surface area (Å²) in [6.45, 7) is 4.08. The minimum Gasteiger partial charge on any atom is -0.295 e. The SMILES string of the molecule is C/C=C1\C(=O)CCCC1C. The molecule has 1 aliphatic carbocycles. The Balaban J connectivity index is 2.73. The van der Waals surface area contributed by atoms with Gasteiger partial charge in [0.15, 0.2) is 5.78 Å². The van der Waals surface area contributed by atoms with Crippen molar-refractivity contribution in [1.29, 1.82) is 0 Å². The van der Waals surface area contributed by atoms with Crippen LogP contribution in [0.3, 0.4) is 0 Å². The number of hydrogen-bond acceptors (Lipinski definition) is 1. The molecule has 0 aliphatic heterocycles. The Hall–Kier alpha value is -0.590. The number of rotatable bonds is 0. The first-order valence-electron chi connectivity index (χ1n) is 3.95. The van der Waals surface area contributed by atoms with E-state index in [-0.39, 0.29) is 0 Å². The van der Waals surface area contributed by atoms with Gasteiger partial charge < -0.3 is 0 Å². The van der Waals surface area contributed by atoms with Crippen LogP contribution in [0.15, 0.2) is 11.6 Å². The van der Waals surface area contributed by atoms with Crippen LogP contribution < -0.4 is 0 Å². The van der Waals surface area contributed by atoms with E-state index in [2.05, 4.69) is 6.92 Å². The predicted octanol–water partition coefficient (Wildman–Crippen LogP) is 2.32. The highest BCUT2D eigenvalue weighted by Gasteiger charge is 2.20. The predicted molar refractivity (Wildman–Crippen MR) is 41.8 cm³/mol. The molecule has 1 fully saturated rings. The van der Waals surface area contributed by atoms with Crippen molar-refractivity contribution in [2.75, 3.05) is 0 Å². The van der Waals surface area contributed by atoms with Gasteiger partial charge in [-0.15, -0.1) is 0 Å². The van der Waals surface area contributed by atoms with Crippen molar-refractivity contribution < 1.29 is 4.79 Å². The number of carbonyl (C=O) groups is 1. The number of carbonyl (C=O) groups excluding carboxylic acids is 1. The summed E-state index contributed by atoms with van der Waals surface area (Å²) in [6, 6.07) is 0. The molecule has 0 aromatic carbocycles. The van der Waals surface area contributed by atoms with Crippen molar-refractivity contribution in [2.45, 2.75) is 33.1 Å². The molecule has 1 aliphatic rings. The third-order valence-electron chi connectivity index (χ3n) is 2.20. The molecule has 0 aromatic rings. The van der Waals surface area contributed by atoms with Gasteiger partial charge in [0.2, 0.25) is 0 Å². The summed E-state index contributed by atoms with van der Waals surface area (Å²) in [5, 5.41) is 0. The molecule has 1 atom stereocenters. The second-order valence-corrected chi connectivity index (χ2v) is 2.96. The zero-order valence-electron chi connectivity index (χ0n) is 6.68. The summed E-state index contributed by atoms with van der Waals surface area (Å²) >= 11 is 0. The van der Waals surface area contributed by atoms with Gasteiger partial charge in [-0.05, 0) is 31.3 Å². The molecular weight excluding hydrogens is 124 g/mol. The number of Topliss-reactive ketones (excluding diaryl/α,β-unsaturated/α-hetero) is 1. The number of hydrogen-bond donors (Lipinski definition) is 0. The zero-order chi connectivity index (χ0) is 7.56. The number of allylic oxidation sites excluding steroid dienone is 2. The molecule has 1 unspecified atom stereocenters. The van der Waals surface area contributed by atoms with Crippen LogP contribution in [0.2, 0.25) is 0 Å². The normalized spacial score (nSPS) is 31.2. The van der Waals surface area contributed by atoms with Gasteiger partial charge in [-0.25, -0.2) is 0 Å². The van der Waals surface area contributed by atoms with Crippen LogP contribution in [-0.4, -0.2) is 5.78 Å². The van der Waals surface area contributed by atoms with Gasteiger partial charge in [-0.1, -0.05) is 13.0 Å². The molecule has 0 amide bonds. The fourth-order valence-electron chi connectivity index (χ4n) is 1.59. The van der Waals surface area contributed by atoms with E-state index < -0.39 is 0 Å². The first-order chi connectivity index (χ1) is 4.75. The van der Waals surface area contributed by atoms with E-state index in [0.29, 0.717) is 11.7 Å². The maximum atomic E-state index is 11.2. The molecule has 0 heterocycles. The van der Waals surface area contributed by atoms with Crippen LogP contribution in [-0.2, 0) is 4.79 Å². The highest BCUT2D eigenvalue weighted by atomic mass is 16.1. The molecule has 1 saturated carbocycles. The van der Waals surface area contributed by atoms with Crippen LogP contribution in [0, 0.1) is 5.92 Å². The molecule has 0 spiro atoms. The van der Waals surface area contributed by atoms with E-state index in [9.17, 15) is 4.79 Å². The molecule has 0 saturated heterocycles. The second-order valence-electron chi connectivity index (χ2n) is 2.96. The van der Waals surface area contributed by atoms with Crippen LogP contribution in [0.5, 0.6) is 0 Å². The Labute approximate surface area is 62.1 Å². The van der Waals surface area contributed by atoms with Crippen molar-refractivity contribution in [3.63, 3.8) is 0 Å². The van der Waals surface area contributed by atoms with Gasteiger partial charge in [0, 0.05) is 6.42 Å². The fourth-order valence-corrected chi connectivity index (χ4v) is 1.59. The number of ketones is 1. The Bertz CT molecular complexity index is 168. The Morgan fingerprint density at radius 3 is 2.70 bits per heavy atom. The topological polar surface area (TPSA) is 17.1 Å². The highest BCUT2D eigenvalue weighted by molar-refractivity contribution is 5.96. The molecule has 56 valence electrons. The lowest BCUT2D eigenvalue weighted by molar-refractivity contribution is -0.117. The second kappa shape index (κ2) is 3.00. The Kier molecular flexibility index (Phi) is 2.25. The molecule has 10 heavy (non-hydrogen) atoms. The summed E-state index contributed by atoms with van der Waals surface area (Å²) in [7, 11) is 0. The largest absolute Gasteiger partial charge is 0.295 e. The first kappa shape index (κ1) is 7.52. The smallest absolute Gasteiger partial charge is 0.158 e. The Morgan fingerprint density at radius 2 is 2.30 bits per heavy atom. The van der Waals surface area contributed by atoms with Crippen LogP contribution >= 0.6 is 0 Å². The van der Waals surface area contributed by atoms with Gasteiger partial charge in [-0.3, -0.25) is 4.79 Å². The average molecular weight is 138 g/mol. The van der Waals surface area contributed by atoms with E-state index in [0.717, 1.165) is 18.4 Å². The summed E-state index contributed by atoms with van der Waals surface area (Å²) in [5.41, 5.74) is 1.05. The molecule has 1 nitrogen and oxygen atoms in total. The lowest BCUT2D eigenvalue weighted by atomic mass is 9.84. The standard InChI is InChI=1S/C9H14O/c1-3-8-7(2)5-4-6-9(8)10/h3,7H,4-6H2,1-2H3/b8-3-.